The van der Waals surface area contributed by atoms with E-state index in [1.54, 1.807) is 19.1 Å². The molecule has 0 unspecified atom stereocenters. The number of guanidine groups is 1. The van der Waals surface area contributed by atoms with Gasteiger partial charge in [-0.15, -0.1) is 0 Å². The van der Waals surface area contributed by atoms with Gasteiger partial charge in [-0.2, -0.15) is 0 Å². The number of aliphatic imine (C=N–C) groups is 1. The van der Waals surface area contributed by atoms with Crippen molar-refractivity contribution in [3.63, 3.8) is 0 Å². The predicted octanol–water partition coefficient (Wildman–Crippen LogP) is 2.08. The Morgan fingerprint density at radius 2 is 1.41 bits per heavy atom. The zero-order valence-corrected chi connectivity index (χ0v) is 28.9. The van der Waals surface area contributed by atoms with E-state index in [0.29, 0.717) is 24.8 Å². The van der Waals surface area contributed by atoms with E-state index in [1.165, 1.54) is 0 Å². The van der Waals surface area contributed by atoms with Gasteiger partial charge in [-0.1, -0.05) is 84.9 Å². The standard InChI is InChI=1S/C37H49N9O5/c1-37(28-13-6-3-7-14-28,23-25-17-19-27(20-18-25)31(38)39)34(49)46-30(33(48)45-29(32(40)47)16-10-22-43-35(41)42)15-8-9-21-44-36(50)51-24-26-11-4-2-5-12-26/h2-7,11-14,17-20,29-30H,8-10,15-16,21-24H2,1H3,(H3,38,39)(H2,40,47)(H,44,50)(H,45,48)(H,46,49)(H4,41,42,43)/t29-,30-,37+/m0/s1. The first-order valence-corrected chi connectivity index (χ1v) is 16.8. The molecule has 0 radical (unpaired) electrons. The number of amides is 4. The summed E-state index contributed by atoms with van der Waals surface area (Å²) in [5.74, 6) is -1.88. The van der Waals surface area contributed by atoms with Crippen LogP contribution in [0, 0.1) is 5.41 Å². The highest BCUT2D eigenvalue weighted by atomic mass is 16.5. The van der Waals surface area contributed by atoms with Crippen molar-refractivity contribution < 1.29 is 23.9 Å². The van der Waals surface area contributed by atoms with Gasteiger partial charge in [0, 0.05) is 18.7 Å². The summed E-state index contributed by atoms with van der Waals surface area (Å²) in [5.41, 5.74) is 23.9. The topological polar surface area (TPSA) is 254 Å². The van der Waals surface area contributed by atoms with Gasteiger partial charge in [0.1, 0.15) is 24.5 Å². The molecule has 3 aromatic carbocycles. The Bertz CT molecular complexity index is 1630. The van der Waals surface area contributed by atoms with Crippen molar-refractivity contribution in [2.24, 2.45) is 27.9 Å². The van der Waals surface area contributed by atoms with Gasteiger partial charge < -0.3 is 43.6 Å². The van der Waals surface area contributed by atoms with E-state index in [2.05, 4.69) is 20.9 Å². The molecular weight excluding hydrogens is 650 g/mol. The Balaban J connectivity index is 1.75. The van der Waals surface area contributed by atoms with Crippen LogP contribution in [0.3, 0.4) is 0 Å². The molecule has 12 N–H and O–H groups in total. The number of rotatable bonds is 20. The fraction of sp³-hybridized carbons (Fsp3) is 0.351. The first-order chi connectivity index (χ1) is 24.4. The van der Waals surface area contributed by atoms with Gasteiger partial charge >= 0.3 is 6.09 Å². The lowest BCUT2D eigenvalue weighted by atomic mass is 9.76. The van der Waals surface area contributed by atoms with Crippen molar-refractivity contribution in [1.82, 2.24) is 16.0 Å². The van der Waals surface area contributed by atoms with Gasteiger partial charge in [-0.05, 0) is 62.1 Å². The van der Waals surface area contributed by atoms with Gasteiger partial charge in [0.2, 0.25) is 17.7 Å². The number of carbonyl (C=O) groups excluding carboxylic acids is 4. The van der Waals surface area contributed by atoms with Gasteiger partial charge in [0.25, 0.3) is 0 Å². The van der Waals surface area contributed by atoms with Crippen LogP contribution in [-0.4, -0.2) is 60.8 Å². The average molecular weight is 700 g/mol. The number of benzene rings is 3. The average Bonchev–Trinajstić information content (AvgIpc) is 3.11. The number of carbonyl (C=O) groups is 4. The second-order valence-corrected chi connectivity index (χ2v) is 12.4. The SMILES string of the molecule is C[C@](Cc1ccc(C(=N)N)cc1)(C(=O)N[C@@H](CCCCNC(=O)OCc1ccccc1)C(=O)N[C@@H](CCCN=C(N)N)C(N)=O)c1ccccc1. The van der Waals surface area contributed by atoms with E-state index in [0.717, 1.165) is 16.7 Å². The number of alkyl carbamates (subject to hydrolysis) is 1. The van der Waals surface area contributed by atoms with E-state index in [4.69, 9.17) is 33.1 Å². The fourth-order valence-corrected chi connectivity index (χ4v) is 5.42. The zero-order chi connectivity index (χ0) is 37.2. The first kappa shape index (κ1) is 39.5. The molecule has 272 valence electrons. The minimum atomic E-state index is -1.12. The molecule has 0 saturated carbocycles. The van der Waals surface area contributed by atoms with E-state index in [-0.39, 0.29) is 50.8 Å². The lowest BCUT2D eigenvalue weighted by Crippen LogP contribution is -2.56. The van der Waals surface area contributed by atoms with Crippen LogP contribution in [0.15, 0.2) is 89.9 Å². The fourth-order valence-electron chi connectivity index (χ4n) is 5.42. The normalized spacial score (nSPS) is 13.0. The van der Waals surface area contributed by atoms with Gasteiger partial charge in [-0.25, -0.2) is 4.79 Å². The maximum Gasteiger partial charge on any atom is 0.407 e. The van der Waals surface area contributed by atoms with Crippen LogP contribution >= 0.6 is 0 Å². The lowest BCUT2D eigenvalue weighted by molar-refractivity contribution is -0.133. The van der Waals surface area contributed by atoms with Crippen LogP contribution in [0.2, 0.25) is 0 Å². The van der Waals surface area contributed by atoms with Gasteiger partial charge in [0.05, 0.1) is 5.41 Å². The van der Waals surface area contributed by atoms with E-state index < -0.39 is 41.3 Å². The molecule has 0 aliphatic rings. The summed E-state index contributed by atoms with van der Waals surface area (Å²) in [7, 11) is 0. The number of hydrogen-bond acceptors (Lipinski definition) is 7. The number of hydrogen-bond donors (Lipinski definition) is 8. The Hall–Kier alpha value is -5.92. The molecule has 14 heteroatoms. The summed E-state index contributed by atoms with van der Waals surface area (Å²) >= 11 is 0. The summed E-state index contributed by atoms with van der Waals surface area (Å²) in [6.45, 7) is 2.45. The van der Waals surface area contributed by atoms with Crippen molar-refractivity contribution in [1.29, 1.82) is 5.41 Å². The monoisotopic (exact) mass is 699 g/mol. The summed E-state index contributed by atoms with van der Waals surface area (Å²) in [6, 6.07) is 23.5. The first-order valence-electron chi connectivity index (χ1n) is 16.8. The number of nitrogen functional groups attached to an aromatic ring is 1. The number of ether oxygens (including phenoxy) is 1. The van der Waals surface area contributed by atoms with Crippen LogP contribution in [0.5, 0.6) is 0 Å². The molecule has 0 aliphatic carbocycles. The van der Waals surface area contributed by atoms with Crippen LogP contribution < -0.4 is 38.9 Å². The smallest absolute Gasteiger partial charge is 0.407 e. The molecule has 3 aromatic rings. The molecular formula is C37H49N9O5. The Labute approximate surface area is 298 Å². The lowest BCUT2D eigenvalue weighted by Gasteiger charge is -2.32. The van der Waals surface area contributed by atoms with Crippen molar-refractivity contribution in [2.45, 2.75) is 69.6 Å². The number of nitrogens with two attached hydrogens (primary N) is 4. The Kier molecular flexibility index (Phi) is 15.4. The summed E-state index contributed by atoms with van der Waals surface area (Å²) in [5, 5.41) is 16.1. The Morgan fingerprint density at radius 1 is 0.784 bits per heavy atom. The van der Waals surface area contributed by atoms with Crippen LogP contribution in [0.25, 0.3) is 0 Å². The zero-order valence-electron chi connectivity index (χ0n) is 28.9. The maximum atomic E-state index is 14.3. The van der Waals surface area contributed by atoms with E-state index in [9.17, 15) is 19.2 Å². The molecule has 0 fully saturated rings. The molecule has 3 atom stereocenters. The summed E-state index contributed by atoms with van der Waals surface area (Å²) in [4.78, 5) is 56.4. The largest absolute Gasteiger partial charge is 0.445 e. The molecule has 4 amide bonds. The number of unbranched alkanes of at least 4 members (excludes halogenated alkanes) is 1. The second kappa shape index (κ2) is 19.9. The number of nitrogens with zero attached hydrogens (tertiary/aromatic N) is 1. The van der Waals surface area contributed by atoms with Crippen molar-refractivity contribution in [3.05, 3.63) is 107 Å². The highest BCUT2D eigenvalue weighted by Crippen LogP contribution is 2.29. The van der Waals surface area contributed by atoms with Crippen LogP contribution in [0.1, 0.15) is 61.3 Å². The molecule has 14 nitrogen and oxygen atoms in total. The number of amidine groups is 1. The predicted molar refractivity (Wildman–Crippen MR) is 196 cm³/mol. The molecule has 3 rings (SSSR count). The summed E-state index contributed by atoms with van der Waals surface area (Å²) < 4.78 is 5.26. The highest BCUT2D eigenvalue weighted by molar-refractivity contribution is 5.96. The minimum absolute atomic E-state index is 0.0660. The molecule has 0 spiro atoms. The van der Waals surface area contributed by atoms with Crippen molar-refractivity contribution in [2.75, 3.05) is 13.1 Å². The second-order valence-electron chi connectivity index (χ2n) is 12.4. The van der Waals surface area contributed by atoms with Crippen LogP contribution in [-0.2, 0) is 37.6 Å². The number of nitrogens with one attached hydrogen (secondary N) is 4. The van der Waals surface area contributed by atoms with Crippen LogP contribution in [0.4, 0.5) is 4.79 Å². The van der Waals surface area contributed by atoms with Gasteiger partial charge in [-0.3, -0.25) is 24.8 Å². The maximum absolute atomic E-state index is 14.3. The minimum Gasteiger partial charge on any atom is -0.445 e. The molecule has 0 heterocycles. The molecule has 0 aliphatic heterocycles. The third-order valence-electron chi connectivity index (χ3n) is 8.36. The van der Waals surface area contributed by atoms with E-state index in [1.807, 2.05) is 72.8 Å². The third-order valence-corrected chi connectivity index (χ3v) is 8.36. The summed E-state index contributed by atoms with van der Waals surface area (Å²) in [6.07, 6.45) is 1.40. The molecule has 0 bridgehead atoms. The van der Waals surface area contributed by atoms with Crippen molar-refractivity contribution in [3.8, 4) is 0 Å². The highest BCUT2D eigenvalue weighted by Gasteiger charge is 2.38. The molecule has 0 aromatic heterocycles. The number of primary amides is 1. The van der Waals surface area contributed by atoms with Gasteiger partial charge in [0.15, 0.2) is 5.96 Å². The van der Waals surface area contributed by atoms with Crippen molar-refractivity contribution >= 4 is 35.6 Å². The third kappa shape index (κ3) is 13.1. The Morgan fingerprint density at radius 3 is 2.02 bits per heavy atom. The quantitative estimate of drug-likeness (QED) is 0.0491. The van der Waals surface area contributed by atoms with E-state index >= 15 is 0 Å². The molecule has 0 saturated heterocycles. The molecule has 51 heavy (non-hydrogen) atoms.